The summed E-state index contributed by atoms with van der Waals surface area (Å²) in [5, 5.41) is 4.24. The molecule has 2 rings (SSSR count). The first kappa shape index (κ1) is 15.6. The Morgan fingerprint density at radius 1 is 1.40 bits per heavy atom. The highest BCUT2D eigenvalue weighted by Crippen LogP contribution is 2.26. The molecule has 110 valence electrons. The summed E-state index contributed by atoms with van der Waals surface area (Å²) >= 11 is 12.3. The van der Waals surface area contributed by atoms with Crippen molar-refractivity contribution in [1.82, 2.24) is 10.2 Å². The number of carbonyl (C=O) groups is 1. The topological polar surface area (TPSA) is 32.3 Å². The Balaban J connectivity index is 2.22. The Morgan fingerprint density at radius 2 is 2.05 bits per heavy atom. The summed E-state index contributed by atoms with van der Waals surface area (Å²) in [6, 6.07) is 5.62. The summed E-state index contributed by atoms with van der Waals surface area (Å²) in [5.41, 5.74) is 0.405. The zero-order valence-electron chi connectivity index (χ0n) is 11.8. The van der Waals surface area contributed by atoms with Gasteiger partial charge in [0.1, 0.15) is 0 Å². The zero-order chi connectivity index (χ0) is 14.7. The van der Waals surface area contributed by atoms with E-state index in [2.05, 4.69) is 5.32 Å². The minimum absolute atomic E-state index is 0.0932. The molecule has 3 nitrogen and oxygen atoms in total. The highest BCUT2D eigenvalue weighted by atomic mass is 35.5. The lowest BCUT2D eigenvalue weighted by Gasteiger charge is -2.30. The third-order valence-electron chi connectivity index (χ3n) is 3.64. The summed E-state index contributed by atoms with van der Waals surface area (Å²) in [7, 11) is 0. The number of hydrogen-bond acceptors (Lipinski definition) is 2. The maximum absolute atomic E-state index is 12.7. The van der Waals surface area contributed by atoms with Crippen molar-refractivity contribution in [2.75, 3.05) is 13.1 Å². The van der Waals surface area contributed by atoms with Crippen LogP contribution in [0.1, 0.15) is 37.0 Å². The molecule has 1 aliphatic heterocycles. The number of rotatable bonds is 4. The van der Waals surface area contributed by atoms with Gasteiger partial charge in [-0.25, -0.2) is 0 Å². The number of hydrogen-bond donors (Lipinski definition) is 1. The monoisotopic (exact) mass is 314 g/mol. The standard InChI is InChI=1S/C15H20Cl2N2O/c1-10(2)19(9-11-5-4-8-18-11)15(20)14-12(16)6-3-7-13(14)17/h3,6-7,10-11,18H,4-5,8-9H2,1-2H3. The molecule has 0 bridgehead atoms. The van der Waals surface area contributed by atoms with Crippen LogP contribution in [-0.4, -0.2) is 36.0 Å². The average molecular weight is 315 g/mol. The lowest BCUT2D eigenvalue weighted by atomic mass is 10.1. The predicted octanol–water partition coefficient (Wildman–Crippen LogP) is 3.60. The van der Waals surface area contributed by atoms with E-state index in [1.54, 1.807) is 18.2 Å². The van der Waals surface area contributed by atoms with Gasteiger partial charge in [0, 0.05) is 18.6 Å². The number of halogens is 2. The fourth-order valence-corrected chi connectivity index (χ4v) is 3.08. The van der Waals surface area contributed by atoms with Gasteiger partial charge in [-0.1, -0.05) is 29.3 Å². The van der Waals surface area contributed by atoms with Crippen LogP contribution in [0.15, 0.2) is 18.2 Å². The number of carbonyl (C=O) groups excluding carboxylic acids is 1. The minimum Gasteiger partial charge on any atom is -0.335 e. The van der Waals surface area contributed by atoms with Crippen LogP contribution in [-0.2, 0) is 0 Å². The van der Waals surface area contributed by atoms with Crippen molar-refractivity contribution < 1.29 is 4.79 Å². The Morgan fingerprint density at radius 3 is 2.55 bits per heavy atom. The molecule has 1 heterocycles. The minimum atomic E-state index is -0.0932. The maximum atomic E-state index is 12.7. The molecule has 1 saturated heterocycles. The molecule has 0 spiro atoms. The highest BCUT2D eigenvalue weighted by Gasteiger charge is 2.26. The Kier molecular flexibility index (Phi) is 5.30. The quantitative estimate of drug-likeness (QED) is 0.921. The van der Waals surface area contributed by atoms with Gasteiger partial charge < -0.3 is 10.2 Å². The van der Waals surface area contributed by atoms with E-state index in [4.69, 9.17) is 23.2 Å². The van der Waals surface area contributed by atoms with E-state index in [1.165, 1.54) is 0 Å². The summed E-state index contributed by atoms with van der Waals surface area (Å²) in [6.07, 6.45) is 2.27. The van der Waals surface area contributed by atoms with Gasteiger partial charge in [0.05, 0.1) is 15.6 Å². The van der Waals surface area contributed by atoms with E-state index >= 15 is 0 Å². The molecule has 1 amide bonds. The van der Waals surface area contributed by atoms with Gasteiger partial charge >= 0.3 is 0 Å². The van der Waals surface area contributed by atoms with Crippen molar-refractivity contribution >= 4 is 29.1 Å². The van der Waals surface area contributed by atoms with Crippen LogP contribution in [0.25, 0.3) is 0 Å². The van der Waals surface area contributed by atoms with Crippen LogP contribution in [0, 0.1) is 0 Å². The lowest BCUT2D eigenvalue weighted by Crippen LogP contribution is -2.45. The fourth-order valence-electron chi connectivity index (χ4n) is 2.52. The molecule has 0 radical (unpaired) electrons. The second-order valence-electron chi connectivity index (χ2n) is 5.44. The van der Waals surface area contributed by atoms with Gasteiger partial charge in [0.25, 0.3) is 5.91 Å². The third kappa shape index (κ3) is 3.46. The van der Waals surface area contributed by atoms with Gasteiger partial charge in [-0.3, -0.25) is 4.79 Å². The second kappa shape index (κ2) is 6.79. The first-order valence-corrected chi connectivity index (χ1v) is 7.74. The van der Waals surface area contributed by atoms with E-state index < -0.39 is 0 Å². The lowest BCUT2D eigenvalue weighted by molar-refractivity contribution is 0.0689. The van der Waals surface area contributed by atoms with Gasteiger partial charge in [0.2, 0.25) is 0 Å². The summed E-state index contributed by atoms with van der Waals surface area (Å²) in [5.74, 6) is -0.0932. The predicted molar refractivity (Wildman–Crippen MR) is 83.7 cm³/mol. The van der Waals surface area contributed by atoms with Gasteiger partial charge in [0.15, 0.2) is 0 Å². The molecule has 1 aliphatic rings. The number of amides is 1. The van der Waals surface area contributed by atoms with Crippen LogP contribution in [0.5, 0.6) is 0 Å². The molecular formula is C15H20Cl2N2O. The van der Waals surface area contributed by atoms with Crippen molar-refractivity contribution in [3.05, 3.63) is 33.8 Å². The molecule has 5 heteroatoms. The molecule has 1 fully saturated rings. The molecule has 1 atom stereocenters. The average Bonchev–Trinajstić information content (AvgIpc) is 2.88. The Bertz CT molecular complexity index is 465. The van der Waals surface area contributed by atoms with Crippen LogP contribution < -0.4 is 5.32 Å². The van der Waals surface area contributed by atoms with E-state index in [1.807, 2.05) is 18.7 Å². The van der Waals surface area contributed by atoms with Crippen molar-refractivity contribution in [3.63, 3.8) is 0 Å². The van der Waals surface area contributed by atoms with Gasteiger partial charge in [-0.05, 0) is 45.4 Å². The number of nitrogens with one attached hydrogen (secondary N) is 1. The molecule has 0 saturated carbocycles. The van der Waals surface area contributed by atoms with E-state index in [9.17, 15) is 4.79 Å². The molecule has 1 aromatic carbocycles. The third-order valence-corrected chi connectivity index (χ3v) is 4.27. The first-order chi connectivity index (χ1) is 9.50. The SMILES string of the molecule is CC(C)N(CC1CCCN1)C(=O)c1c(Cl)cccc1Cl. The molecular weight excluding hydrogens is 295 g/mol. The smallest absolute Gasteiger partial charge is 0.257 e. The van der Waals surface area contributed by atoms with E-state index in [-0.39, 0.29) is 11.9 Å². The molecule has 20 heavy (non-hydrogen) atoms. The molecule has 1 N–H and O–H groups in total. The highest BCUT2D eigenvalue weighted by molar-refractivity contribution is 6.39. The van der Waals surface area contributed by atoms with Crippen LogP contribution in [0.2, 0.25) is 10.0 Å². The largest absolute Gasteiger partial charge is 0.335 e. The summed E-state index contributed by atoms with van der Waals surface area (Å²) < 4.78 is 0. The van der Waals surface area contributed by atoms with Gasteiger partial charge in [-0.15, -0.1) is 0 Å². The fraction of sp³-hybridized carbons (Fsp3) is 0.533. The van der Waals surface area contributed by atoms with Crippen molar-refractivity contribution in [2.45, 2.75) is 38.8 Å². The second-order valence-corrected chi connectivity index (χ2v) is 6.26. The molecule has 0 aromatic heterocycles. The zero-order valence-corrected chi connectivity index (χ0v) is 13.3. The van der Waals surface area contributed by atoms with Crippen LogP contribution in [0.3, 0.4) is 0 Å². The van der Waals surface area contributed by atoms with Crippen molar-refractivity contribution in [3.8, 4) is 0 Å². The van der Waals surface area contributed by atoms with Crippen LogP contribution >= 0.6 is 23.2 Å². The van der Waals surface area contributed by atoms with Crippen molar-refractivity contribution in [2.24, 2.45) is 0 Å². The normalized spacial score (nSPS) is 18.6. The summed E-state index contributed by atoms with van der Waals surface area (Å²) in [4.78, 5) is 14.6. The van der Waals surface area contributed by atoms with E-state index in [0.717, 1.165) is 19.4 Å². The van der Waals surface area contributed by atoms with E-state index in [0.29, 0.717) is 28.2 Å². The van der Waals surface area contributed by atoms with Gasteiger partial charge in [-0.2, -0.15) is 0 Å². The maximum Gasteiger partial charge on any atom is 0.257 e. The number of benzene rings is 1. The first-order valence-electron chi connectivity index (χ1n) is 6.99. The number of nitrogens with zero attached hydrogens (tertiary/aromatic N) is 1. The molecule has 1 unspecified atom stereocenters. The molecule has 0 aliphatic carbocycles. The molecule has 1 aromatic rings. The Labute approximate surface area is 130 Å². The summed E-state index contributed by atoms with van der Waals surface area (Å²) in [6.45, 7) is 5.74. The van der Waals surface area contributed by atoms with Crippen LogP contribution in [0.4, 0.5) is 0 Å². The van der Waals surface area contributed by atoms with Crippen molar-refractivity contribution in [1.29, 1.82) is 0 Å². The Hall–Kier alpha value is -0.770.